The maximum Gasteiger partial charge on any atom is 0.308 e. The third-order valence-electron chi connectivity index (χ3n) is 3.69. The van der Waals surface area contributed by atoms with Crippen LogP contribution in [0.5, 0.6) is 0 Å². The molecule has 0 aliphatic heterocycles. The highest BCUT2D eigenvalue weighted by atomic mass is 32.1. The van der Waals surface area contributed by atoms with Crippen molar-refractivity contribution in [2.45, 2.75) is 41.0 Å². The second-order valence-electron chi connectivity index (χ2n) is 6.86. The van der Waals surface area contributed by atoms with Gasteiger partial charge >= 0.3 is 5.97 Å². The minimum Gasteiger partial charge on any atom is -0.481 e. The number of carbonyl (C=O) groups excluding carboxylic acids is 1. The fraction of sp³-hybridized carbons (Fsp3) is 0.389. The molecule has 1 amide bonds. The normalized spacial score (nSPS) is 11.4. The molecule has 0 fully saturated rings. The maximum atomic E-state index is 12.2. The van der Waals surface area contributed by atoms with Crippen molar-refractivity contribution in [3.63, 3.8) is 0 Å². The molecule has 2 N–H and O–H groups in total. The molecule has 0 aliphatic rings. The average Bonchev–Trinajstić information content (AvgIpc) is 2.82. The quantitative estimate of drug-likeness (QED) is 0.876. The molecule has 0 aliphatic carbocycles. The van der Waals surface area contributed by atoms with Crippen LogP contribution in [0.25, 0.3) is 11.3 Å². The second-order valence-corrected chi connectivity index (χ2v) is 7.95. The molecule has 2 aromatic rings. The van der Waals surface area contributed by atoms with Gasteiger partial charge in [-0.25, -0.2) is 4.98 Å². The van der Waals surface area contributed by atoms with Crippen LogP contribution >= 0.6 is 11.3 Å². The number of aliphatic carboxylic acids is 1. The van der Waals surface area contributed by atoms with E-state index >= 15 is 0 Å². The molecule has 0 spiro atoms. The van der Waals surface area contributed by atoms with Gasteiger partial charge in [0.15, 0.2) is 5.13 Å². The Kier molecular flexibility index (Phi) is 5.08. The summed E-state index contributed by atoms with van der Waals surface area (Å²) in [6, 6.07) is 5.91. The Morgan fingerprint density at radius 1 is 1.21 bits per heavy atom. The number of amides is 1. The van der Waals surface area contributed by atoms with Gasteiger partial charge in [0.05, 0.1) is 12.1 Å². The van der Waals surface area contributed by atoms with Gasteiger partial charge in [-0.3, -0.25) is 9.59 Å². The Hall–Kier alpha value is -2.21. The molecular weight excluding hydrogens is 324 g/mol. The third kappa shape index (κ3) is 4.20. The lowest BCUT2D eigenvalue weighted by molar-refractivity contribution is -0.136. The summed E-state index contributed by atoms with van der Waals surface area (Å²) >= 11 is 1.21. The molecule has 0 saturated heterocycles. The first kappa shape index (κ1) is 18.1. The lowest BCUT2D eigenvalue weighted by Crippen LogP contribution is -2.27. The van der Waals surface area contributed by atoms with Gasteiger partial charge in [0.1, 0.15) is 0 Å². The summed E-state index contributed by atoms with van der Waals surface area (Å²) in [7, 11) is 0. The highest BCUT2D eigenvalue weighted by Gasteiger charge is 2.24. The number of benzene rings is 1. The number of aromatic nitrogens is 1. The minimum atomic E-state index is -0.919. The molecule has 24 heavy (non-hydrogen) atoms. The van der Waals surface area contributed by atoms with Crippen molar-refractivity contribution < 1.29 is 14.7 Å². The number of carboxylic acids is 1. The van der Waals surface area contributed by atoms with Crippen molar-refractivity contribution in [3.8, 4) is 11.3 Å². The first-order valence-electron chi connectivity index (χ1n) is 7.68. The van der Waals surface area contributed by atoms with E-state index in [4.69, 9.17) is 5.11 Å². The molecule has 0 atom stereocenters. The van der Waals surface area contributed by atoms with Crippen LogP contribution in [0.3, 0.4) is 0 Å². The predicted molar refractivity (Wildman–Crippen MR) is 96.4 cm³/mol. The zero-order chi connectivity index (χ0) is 18.1. The van der Waals surface area contributed by atoms with Gasteiger partial charge in [0.2, 0.25) is 5.91 Å². The summed E-state index contributed by atoms with van der Waals surface area (Å²) in [6.45, 7) is 9.48. The Bertz CT molecular complexity index is 788. The molecule has 0 bridgehead atoms. The van der Waals surface area contributed by atoms with E-state index in [1.807, 2.05) is 52.8 Å². The maximum absolute atomic E-state index is 12.2. The Labute approximate surface area is 145 Å². The van der Waals surface area contributed by atoms with Gasteiger partial charge in [-0.2, -0.15) is 0 Å². The zero-order valence-corrected chi connectivity index (χ0v) is 15.4. The third-order valence-corrected chi connectivity index (χ3v) is 4.66. The largest absolute Gasteiger partial charge is 0.481 e. The monoisotopic (exact) mass is 346 g/mol. The van der Waals surface area contributed by atoms with Crippen LogP contribution < -0.4 is 5.32 Å². The van der Waals surface area contributed by atoms with E-state index < -0.39 is 11.4 Å². The van der Waals surface area contributed by atoms with Crippen LogP contribution in [0.2, 0.25) is 0 Å². The van der Waals surface area contributed by atoms with Gasteiger partial charge in [0.25, 0.3) is 0 Å². The fourth-order valence-corrected chi connectivity index (χ4v) is 3.03. The number of nitrogens with one attached hydrogen (secondary N) is 1. The first-order valence-corrected chi connectivity index (χ1v) is 8.50. The summed E-state index contributed by atoms with van der Waals surface area (Å²) in [5, 5.41) is 12.4. The topological polar surface area (TPSA) is 79.3 Å². The number of aryl methyl sites for hydroxylation is 2. The van der Waals surface area contributed by atoms with Gasteiger partial charge in [-0.05, 0) is 31.0 Å². The van der Waals surface area contributed by atoms with Crippen molar-refractivity contribution in [1.29, 1.82) is 0 Å². The summed E-state index contributed by atoms with van der Waals surface area (Å²) in [6.07, 6.45) is -0.120. The number of hydrogen-bond donors (Lipinski definition) is 2. The van der Waals surface area contributed by atoms with Crippen LogP contribution in [0.4, 0.5) is 5.13 Å². The van der Waals surface area contributed by atoms with Gasteiger partial charge < -0.3 is 10.4 Å². The fourth-order valence-electron chi connectivity index (χ4n) is 2.06. The lowest BCUT2D eigenvalue weighted by Gasteiger charge is -2.15. The van der Waals surface area contributed by atoms with Gasteiger partial charge in [-0.15, -0.1) is 11.3 Å². The molecule has 2 rings (SSSR count). The molecule has 0 unspecified atom stereocenters. The highest BCUT2D eigenvalue weighted by Crippen LogP contribution is 2.33. The lowest BCUT2D eigenvalue weighted by atomic mass is 9.96. The number of anilines is 1. The van der Waals surface area contributed by atoms with E-state index in [2.05, 4.69) is 10.3 Å². The summed E-state index contributed by atoms with van der Waals surface area (Å²) in [5.74, 6) is -1.07. The molecule has 6 heteroatoms. The van der Waals surface area contributed by atoms with Crippen molar-refractivity contribution in [2.75, 3.05) is 5.32 Å². The molecule has 128 valence electrons. The van der Waals surface area contributed by atoms with Gasteiger partial charge in [-0.1, -0.05) is 32.9 Å². The average molecular weight is 346 g/mol. The Morgan fingerprint density at radius 2 is 1.88 bits per heavy atom. The number of carbonyl (C=O) groups is 2. The van der Waals surface area contributed by atoms with Crippen molar-refractivity contribution in [3.05, 3.63) is 34.2 Å². The minimum absolute atomic E-state index is 0.120. The molecule has 1 aromatic carbocycles. The molecule has 1 heterocycles. The molecule has 0 radical (unpaired) electrons. The summed E-state index contributed by atoms with van der Waals surface area (Å²) in [5.41, 5.74) is 3.22. The Morgan fingerprint density at radius 3 is 2.42 bits per heavy atom. The van der Waals surface area contributed by atoms with Crippen molar-refractivity contribution in [1.82, 2.24) is 4.98 Å². The second kappa shape index (κ2) is 6.73. The summed E-state index contributed by atoms with van der Waals surface area (Å²) < 4.78 is 0. The van der Waals surface area contributed by atoms with Crippen LogP contribution in [0, 0.1) is 19.3 Å². The number of carboxylic acid groups (broad SMARTS) is 1. The van der Waals surface area contributed by atoms with E-state index in [0.717, 1.165) is 16.7 Å². The van der Waals surface area contributed by atoms with E-state index in [1.165, 1.54) is 11.3 Å². The SMILES string of the molecule is Cc1ccc(-c2nc(NC(=O)C(C)(C)C)sc2CC(=O)O)cc1C. The predicted octanol–water partition coefficient (Wildman–Crippen LogP) is 4.04. The summed E-state index contributed by atoms with van der Waals surface area (Å²) in [4.78, 5) is 28.4. The van der Waals surface area contributed by atoms with Gasteiger partial charge in [0, 0.05) is 15.9 Å². The Balaban J connectivity index is 2.43. The standard InChI is InChI=1S/C18H22N2O3S/c1-10-6-7-12(8-11(10)2)15-13(9-14(21)22)24-17(19-15)20-16(23)18(3,4)5/h6-8H,9H2,1-5H3,(H,21,22)(H,19,20,23). The van der Waals surface area contributed by atoms with Crippen molar-refractivity contribution in [2.24, 2.45) is 5.41 Å². The van der Waals surface area contributed by atoms with E-state index in [-0.39, 0.29) is 12.3 Å². The molecular formula is C18H22N2O3S. The number of hydrogen-bond acceptors (Lipinski definition) is 4. The van der Waals surface area contributed by atoms with Crippen molar-refractivity contribution >= 4 is 28.3 Å². The number of rotatable bonds is 4. The molecule has 5 nitrogen and oxygen atoms in total. The van der Waals surface area contributed by atoms with Crippen LogP contribution in [0.15, 0.2) is 18.2 Å². The van der Waals surface area contributed by atoms with E-state index in [9.17, 15) is 9.59 Å². The van der Waals surface area contributed by atoms with E-state index in [1.54, 1.807) is 0 Å². The van der Waals surface area contributed by atoms with Crippen LogP contribution in [-0.4, -0.2) is 22.0 Å². The highest BCUT2D eigenvalue weighted by molar-refractivity contribution is 7.16. The molecule has 1 aromatic heterocycles. The van der Waals surface area contributed by atoms with Crippen LogP contribution in [-0.2, 0) is 16.0 Å². The smallest absolute Gasteiger partial charge is 0.308 e. The number of nitrogens with zero attached hydrogens (tertiary/aromatic N) is 1. The first-order chi connectivity index (χ1) is 11.1. The van der Waals surface area contributed by atoms with Crippen LogP contribution in [0.1, 0.15) is 36.8 Å². The number of thiazole rings is 1. The zero-order valence-electron chi connectivity index (χ0n) is 14.6. The van der Waals surface area contributed by atoms with E-state index in [0.29, 0.717) is 15.7 Å². The molecule has 0 saturated carbocycles.